The normalized spacial score (nSPS) is 10.2. The number of aromatic nitrogens is 1. The zero-order valence-electron chi connectivity index (χ0n) is 9.34. The summed E-state index contributed by atoms with van der Waals surface area (Å²) in [6.07, 6.45) is 3.20. The van der Waals surface area contributed by atoms with Crippen LogP contribution in [0.4, 0.5) is 5.69 Å². The lowest BCUT2D eigenvalue weighted by atomic mass is 10.3. The second-order valence-corrected chi connectivity index (χ2v) is 3.39. The first-order chi connectivity index (χ1) is 8.29. The van der Waals surface area contributed by atoms with Crippen molar-refractivity contribution in [3.8, 4) is 0 Å². The fourth-order valence-electron chi connectivity index (χ4n) is 1.35. The lowest BCUT2D eigenvalue weighted by Gasteiger charge is -2.01. The highest BCUT2D eigenvalue weighted by Gasteiger charge is 2.11. The van der Waals surface area contributed by atoms with Crippen molar-refractivity contribution >= 4 is 11.6 Å². The van der Waals surface area contributed by atoms with E-state index in [-0.39, 0.29) is 11.7 Å². The van der Waals surface area contributed by atoms with Gasteiger partial charge in [0.05, 0.1) is 11.9 Å². The average Bonchev–Trinajstić information content (AvgIpc) is 2.79. The van der Waals surface area contributed by atoms with Gasteiger partial charge in [-0.3, -0.25) is 9.78 Å². The van der Waals surface area contributed by atoms with Gasteiger partial charge in [-0.05, 0) is 24.3 Å². The van der Waals surface area contributed by atoms with E-state index >= 15 is 0 Å². The van der Waals surface area contributed by atoms with Gasteiger partial charge in [0.1, 0.15) is 12.4 Å². The molecule has 2 rings (SSSR count). The smallest absolute Gasteiger partial charge is 0.291 e. The van der Waals surface area contributed by atoms with Gasteiger partial charge in [0, 0.05) is 13.3 Å². The molecule has 5 nitrogen and oxygen atoms in total. The summed E-state index contributed by atoms with van der Waals surface area (Å²) in [4.78, 5) is 15.7. The van der Waals surface area contributed by atoms with Crippen LogP contribution in [0.1, 0.15) is 16.3 Å². The SMILES string of the molecule is COCc1ccc(C(=O)Nc2cccnc2)o1. The molecule has 5 heteroatoms. The number of anilines is 1. The molecule has 1 N–H and O–H groups in total. The summed E-state index contributed by atoms with van der Waals surface area (Å²) in [7, 11) is 1.57. The van der Waals surface area contributed by atoms with Gasteiger partial charge in [0.2, 0.25) is 0 Å². The summed E-state index contributed by atoms with van der Waals surface area (Å²) in [5.74, 6) is 0.560. The molecular weight excluding hydrogens is 220 g/mol. The average molecular weight is 232 g/mol. The molecule has 0 bridgehead atoms. The molecule has 2 aromatic rings. The molecule has 0 saturated carbocycles. The predicted octanol–water partition coefficient (Wildman–Crippen LogP) is 2.07. The number of ether oxygens (including phenoxy) is 1. The zero-order chi connectivity index (χ0) is 12.1. The Morgan fingerprint density at radius 3 is 3.06 bits per heavy atom. The van der Waals surface area contributed by atoms with Gasteiger partial charge in [-0.2, -0.15) is 0 Å². The monoisotopic (exact) mass is 232 g/mol. The summed E-state index contributed by atoms with van der Waals surface area (Å²) >= 11 is 0. The maximum Gasteiger partial charge on any atom is 0.291 e. The molecule has 0 fully saturated rings. The van der Waals surface area contributed by atoms with Crippen LogP contribution in [-0.4, -0.2) is 18.0 Å². The number of methoxy groups -OCH3 is 1. The number of rotatable bonds is 4. The highest BCUT2D eigenvalue weighted by Crippen LogP contribution is 2.11. The first-order valence-corrected chi connectivity index (χ1v) is 5.08. The van der Waals surface area contributed by atoms with Crippen LogP contribution in [0.3, 0.4) is 0 Å². The number of amides is 1. The maximum absolute atomic E-state index is 11.8. The first kappa shape index (κ1) is 11.3. The Bertz CT molecular complexity index is 493. The Morgan fingerprint density at radius 1 is 1.47 bits per heavy atom. The van der Waals surface area contributed by atoms with Crippen molar-refractivity contribution in [3.05, 3.63) is 48.2 Å². The third-order valence-corrected chi connectivity index (χ3v) is 2.09. The van der Waals surface area contributed by atoms with Crippen LogP contribution in [-0.2, 0) is 11.3 Å². The molecule has 2 heterocycles. The van der Waals surface area contributed by atoms with Gasteiger partial charge in [0.15, 0.2) is 5.76 Å². The Labute approximate surface area is 98.4 Å². The fourth-order valence-corrected chi connectivity index (χ4v) is 1.35. The summed E-state index contributed by atoms with van der Waals surface area (Å²) in [6, 6.07) is 6.82. The first-order valence-electron chi connectivity index (χ1n) is 5.08. The van der Waals surface area contributed by atoms with E-state index in [0.29, 0.717) is 18.1 Å². The topological polar surface area (TPSA) is 64.4 Å². The van der Waals surface area contributed by atoms with Crippen molar-refractivity contribution in [3.63, 3.8) is 0 Å². The number of pyridine rings is 1. The van der Waals surface area contributed by atoms with E-state index in [1.165, 1.54) is 0 Å². The van der Waals surface area contributed by atoms with Gasteiger partial charge < -0.3 is 14.5 Å². The molecule has 1 amide bonds. The number of nitrogens with zero attached hydrogens (tertiary/aromatic N) is 1. The summed E-state index contributed by atoms with van der Waals surface area (Å²) in [5.41, 5.74) is 0.627. The lowest BCUT2D eigenvalue weighted by molar-refractivity contribution is 0.0987. The number of furan rings is 1. The van der Waals surface area contributed by atoms with Gasteiger partial charge in [0.25, 0.3) is 5.91 Å². The van der Waals surface area contributed by atoms with E-state index in [1.807, 2.05) is 0 Å². The molecule has 88 valence electrons. The van der Waals surface area contributed by atoms with Crippen LogP contribution in [0, 0.1) is 0 Å². The molecule has 0 unspecified atom stereocenters. The predicted molar refractivity (Wildman–Crippen MR) is 61.6 cm³/mol. The van der Waals surface area contributed by atoms with Crippen molar-refractivity contribution < 1.29 is 13.9 Å². The third kappa shape index (κ3) is 2.92. The summed E-state index contributed by atoms with van der Waals surface area (Å²) in [6.45, 7) is 0.347. The van der Waals surface area contributed by atoms with E-state index in [2.05, 4.69) is 10.3 Å². The lowest BCUT2D eigenvalue weighted by Crippen LogP contribution is -2.10. The van der Waals surface area contributed by atoms with Gasteiger partial charge >= 0.3 is 0 Å². The zero-order valence-corrected chi connectivity index (χ0v) is 9.34. The van der Waals surface area contributed by atoms with Crippen LogP contribution in [0.15, 0.2) is 41.1 Å². The summed E-state index contributed by atoms with van der Waals surface area (Å²) < 4.78 is 10.2. The van der Waals surface area contributed by atoms with Crippen molar-refractivity contribution in [2.45, 2.75) is 6.61 Å². The minimum atomic E-state index is -0.305. The van der Waals surface area contributed by atoms with E-state index in [9.17, 15) is 4.79 Å². The standard InChI is InChI=1S/C12H12N2O3/c1-16-8-10-4-5-11(17-10)12(15)14-9-3-2-6-13-7-9/h2-7H,8H2,1H3,(H,14,15). The molecule has 0 saturated heterocycles. The van der Waals surface area contributed by atoms with Crippen LogP contribution in [0.5, 0.6) is 0 Å². The van der Waals surface area contributed by atoms with E-state index in [0.717, 1.165) is 0 Å². The van der Waals surface area contributed by atoms with Crippen molar-refractivity contribution in [2.75, 3.05) is 12.4 Å². The summed E-state index contributed by atoms with van der Waals surface area (Å²) in [5, 5.41) is 2.68. The van der Waals surface area contributed by atoms with Crippen molar-refractivity contribution in [1.82, 2.24) is 4.98 Å². The number of hydrogen-bond donors (Lipinski definition) is 1. The number of nitrogens with one attached hydrogen (secondary N) is 1. The molecule has 0 aliphatic carbocycles. The molecule has 0 aromatic carbocycles. The molecular formula is C12H12N2O3. The number of carbonyl (C=O) groups excluding carboxylic acids is 1. The van der Waals surface area contributed by atoms with Crippen molar-refractivity contribution in [1.29, 1.82) is 0 Å². The minimum Gasteiger partial charge on any atom is -0.453 e. The number of hydrogen-bond acceptors (Lipinski definition) is 4. The molecule has 2 aromatic heterocycles. The van der Waals surface area contributed by atoms with E-state index < -0.39 is 0 Å². The number of carbonyl (C=O) groups is 1. The third-order valence-electron chi connectivity index (χ3n) is 2.09. The van der Waals surface area contributed by atoms with Crippen molar-refractivity contribution in [2.24, 2.45) is 0 Å². The quantitative estimate of drug-likeness (QED) is 0.876. The molecule has 0 spiro atoms. The highest BCUT2D eigenvalue weighted by atomic mass is 16.5. The van der Waals surface area contributed by atoms with Gasteiger partial charge in [-0.1, -0.05) is 0 Å². The fraction of sp³-hybridized carbons (Fsp3) is 0.167. The Balaban J connectivity index is 2.04. The van der Waals surface area contributed by atoms with Gasteiger partial charge in [-0.15, -0.1) is 0 Å². The Kier molecular flexibility index (Phi) is 3.52. The Hall–Kier alpha value is -2.14. The van der Waals surface area contributed by atoms with Crippen LogP contribution < -0.4 is 5.32 Å². The van der Waals surface area contributed by atoms with Gasteiger partial charge in [-0.25, -0.2) is 0 Å². The van der Waals surface area contributed by atoms with E-state index in [1.54, 1.807) is 43.8 Å². The molecule has 0 aliphatic heterocycles. The molecule has 0 atom stereocenters. The maximum atomic E-state index is 11.8. The molecule has 17 heavy (non-hydrogen) atoms. The highest BCUT2D eigenvalue weighted by molar-refractivity contribution is 6.02. The van der Waals surface area contributed by atoms with E-state index in [4.69, 9.17) is 9.15 Å². The minimum absolute atomic E-state index is 0.251. The Morgan fingerprint density at radius 2 is 2.35 bits per heavy atom. The van der Waals surface area contributed by atoms with Crippen LogP contribution in [0.2, 0.25) is 0 Å². The second-order valence-electron chi connectivity index (χ2n) is 3.39. The molecule has 0 radical (unpaired) electrons. The second kappa shape index (κ2) is 5.27. The molecule has 0 aliphatic rings. The largest absolute Gasteiger partial charge is 0.453 e. The van der Waals surface area contributed by atoms with Crippen LogP contribution >= 0.6 is 0 Å². The van der Waals surface area contributed by atoms with Crippen LogP contribution in [0.25, 0.3) is 0 Å².